The minimum atomic E-state index is -2.11. The number of aliphatic hydroxyl groups excluding tert-OH is 2. The topological polar surface area (TPSA) is 149 Å². The molecule has 0 amide bonds. The van der Waals surface area contributed by atoms with Gasteiger partial charge in [0.1, 0.15) is 18.3 Å². The number of rotatable bonds is 5. The van der Waals surface area contributed by atoms with Gasteiger partial charge in [0.25, 0.3) is 0 Å². The number of aliphatic hydroxyl groups is 2. The Hall–Kier alpha value is -1.13. The van der Waals surface area contributed by atoms with Gasteiger partial charge in [0.15, 0.2) is 12.5 Å². The summed E-state index contributed by atoms with van der Waals surface area (Å²) in [5.41, 5.74) is 4.69. The molecule has 1 unspecified atom stereocenters. The smallest absolute Gasteiger partial charge is 0.351 e. The summed E-state index contributed by atoms with van der Waals surface area (Å²) >= 11 is 0. The van der Waals surface area contributed by atoms with Crippen LogP contribution in [-0.2, 0) is 14.3 Å². The average molecular weight is 307 g/mol. The number of ether oxygens (including phenoxy) is 1. The third-order valence-electron chi connectivity index (χ3n) is 2.54. The van der Waals surface area contributed by atoms with E-state index in [0.717, 1.165) is 4.57 Å². The van der Waals surface area contributed by atoms with E-state index in [-0.39, 0.29) is 12.2 Å². The SMILES string of the molecule is Nc1ccn([C@@H]2O[C@H](OOP(O)CO)C[C@@H]2O)c(=O)n1. The maximum absolute atomic E-state index is 11.6. The Bertz CT molecular complexity index is 513. The molecule has 0 aromatic carbocycles. The number of nitrogen functional groups attached to an aromatic ring is 1. The van der Waals surface area contributed by atoms with E-state index in [9.17, 15) is 9.90 Å². The zero-order chi connectivity index (χ0) is 14.7. The molecule has 1 aliphatic rings. The average Bonchev–Trinajstić information content (AvgIpc) is 2.77. The van der Waals surface area contributed by atoms with Crippen molar-refractivity contribution in [3.05, 3.63) is 22.7 Å². The first-order chi connectivity index (χ1) is 9.51. The van der Waals surface area contributed by atoms with Crippen LogP contribution in [0.5, 0.6) is 0 Å². The van der Waals surface area contributed by atoms with Gasteiger partial charge in [-0.1, -0.05) is 0 Å². The Morgan fingerprint density at radius 1 is 1.65 bits per heavy atom. The highest BCUT2D eigenvalue weighted by atomic mass is 31.2. The van der Waals surface area contributed by atoms with Gasteiger partial charge in [-0.3, -0.25) is 4.57 Å². The van der Waals surface area contributed by atoms with E-state index in [1.54, 1.807) is 0 Å². The van der Waals surface area contributed by atoms with Crippen LogP contribution >= 0.6 is 8.38 Å². The second-order valence-corrected chi connectivity index (χ2v) is 5.10. The molecule has 0 spiro atoms. The fourth-order valence-electron chi connectivity index (χ4n) is 1.67. The second-order valence-electron chi connectivity index (χ2n) is 3.97. The predicted octanol–water partition coefficient (Wildman–Crippen LogP) is -1.37. The van der Waals surface area contributed by atoms with Crippen LogP contribution in [0.1, 0.15) is 12.6 Å². The summed E-state index contributed by atoms with van der Waals surface area (Å²) in [6, 6.07) is 1.39. The molecule has 0 aliphatic carbocycles. The fraction of sp³-hybridized carbons (Fsp3) is 0.556. The Morgan fingerprint density at radius 2 is 2.40 bits per heavy atom. The highest BCUT2D eigenvalue weighted by Crippen LogP contribution is 2.34. The molecule has 1 aliphatic heterocycles. The van der Waals surface area contributed by atoms with Crippen LogP contribution in [0.25, 0.3) is 0 Å². The summed E-state index contributed by atoms with van der Waals surface area (Å²) in [6.45, 7) is 0. The van der Waals surface area contributed by atoms with Gasteiger partial charge in [-0.15, -0.1) is 0 Å². The minimum Gasteiger partial charge on any atom is -0.388 e. The van der Waals surface area contributed by atoms with Crippen molar-refractivity contribution in [2.24, 2.45) is 0 Å². The lowest BCUT2D eigenvalue weighted by molar-refractivity contribution is -0.318. The summed E-state index contributed by atoms with van der Waals surface area (Å²) in [7, 11) is -2.11. The molecule has 11 heteroatoms. The van der Waals surface area contributed by atoms with Gasteiger partial charge in [-0.2, -0.15) is 14.5 Å². The minimum absolute atomic E-state index is 0.0239. The molecule has 1 saturated heterocycles. The van der Waals surface area contributed by atoms with E-state index >= 15 is 0 Å². The van der Waals surface area contributed by atoms with Crippen LogP contribution < -0.4 is 11.4 Å². The summed E-state index contributed by atoms with van der Waals surface area (Å²) in [5, 5.41) is 18.4. The largest absolute Gasteiger partial charge is 0.388 e. The molecule has 1 aromatic heterocycles. The zero-order valence-electron chi connectivity index (χ0n) is 10.2. The molecule has 5 N–H and O–H groups in total. The quantitative estimate of drug-likeness (QED) is 0.293. The third kappa shape index (κ3) is 3.49. The third-order valence-corrected chi connectivity index (χ3v) is 3.04. The molecule has 1 aromatic rings. The monoisotopic (exact) mass is 307 g/mol. The van der Waals surface area contributed by atoms with Gasteiger partial charge in [-0.05, 0) is 6.07 Å². The van der Waals surface area contributed by atoms with Gasteiger partial charge < -0.3 is 25.6 Å². The first-order valence-electron chi connectivity index (χ1n) is 5.60. The molecule has 0 radical (unpaired) electrons. The van der Waals surface area contributed by atoms with Crippen LogP contribution in [-0.4, -0.2) is 43.4 Å². The van der Waals surface area contributed by atoms with E-state index in [4.69, 9.17) is 25.4 Å². The lowest BCUT2D eigenvalue weighted by Crippen LogP contribution is -2.31. The molecular formula is C9H14N3O7P. The standard InChI is InChI=1S/C9H14N3O7P/c10-6-1-2-12(9(15)11-6)8-5(14)3-7(17-8)18-19-20(16)4-13/h1-2,5,7-8,13-14,16H,3-4H2,(H2,10,11,15)/t5-,7+,8+,20?/m0/s1. The Morgan fingerprint density at radius 3 is 3.05 bits per heavy atom. The number of aromatic nitrogens is 2. The molecule has 10 nitrogen and oxygen atoms in total. The van der Waals surface area contributed by atoms with Gasteiger partial charge >= 0.3 is 5.69 Å². The number of anilines is 1. The molecule has 4 atom stereocenters. The van der Waals surface area contributed by atoms with Crippen molar-refractivity contribution < 1.29 is 29.4 Å². The van der Waals surface area contributed by atoms with E-state index in [2.05, 4.69) is 9.66 Å². The van der Waals surface area contributed by atoms with E-state index < -0.39 is 39.0 Å². The molecular weight excluding hydrogens is 293 g/mol. The van der Waals surface area contributed by atoms with Crippen molar-refractivity contribution >= 4 is 14.2 Å². The van der Waals surface area contributed by atoms with Gasteiger partial charge in [0.2, 0.25) is 8.38 Å². The van der Waals surface area contributed by atoms with Gasteiger partial charge in [0, 0.05) is 12.6 Å². The fourth-order valence-corrected chi connectivity index (χ4v) is 1.91. The maximum atomic E-state index is 11.6. The Kier molecular flexibility index (Phi) is 5.00. The van der Waals surface area contributed by atoms with E-state index in [1.165, 1.54) is 12.3 Å². The van der Waals surface area contributed by atoms with Gasteiger partial charge in [-0.25, -0.2) is 4.79 Å². The summed E-state index contributed by atoms with van der Waals surface area (Å²) in [4.78, 5) is 28.9. The zero-order valence-corrected chi connectivity index (χ0v) is 11.1. The first-order valence-corrected chi connectivity index (χ1v) is 7.00. The molecule has 112 valence electrons. The number of hydrogen-bond acceptors (Lipinski definition) is 9. The summed E-state index contributed by atoms with van der Waals surface area (Å²) < 4.78 is 10.8. The van der Waals surface area contributed by atoms with Crippen molar-refractivity contribution in [2.45, 2.75) is 25.0 Å². The number of nitrogens with two attached hydrogens (primary N) is 1. The lowest BCUT2D eigenvalue weighted by Gasteiger charge is -2.17. The second kappa shape index (κ2) is 6.55. The number of nitrogens with zero attached hydrogens (tertiary/aromatic N) is 2. The van der Waals surface area contributed by atoms with Crippen LogP contribution in [0.15, 0.2) is 17.1 Å². The molecule has 20 heavy (non-hydrogen) atoms. The molecule has 2 rings (SSSR count). The van der Waals surface area contributed by atoms with E-state index in [0.29, 0.717) is 0 Å². The normalized spacial score (nSPS) is 27.6. The highest BCUT2D eigenvalue weighted by molar-refractivity contribution is 7.45. The summed E-state index contributed by atoms with van der Waals surface area (Å²) in [6.07, 6.45) is -2.22. The first kappa shape index (κ1) is 15.3. The van der Waals surface area contributed by atoms with Crippen LogP contribution in [0.3, 0.4) is 0 Å². The van der Waals surface area contributed by atoms with Crippen molar-refractivity contribution in [1.82, 2.24) is 9.55 Å². The molecule has 2 heterocycles. The molecule has 0 saturated carbocycles. The summed E-state index contributed by atoms with van der Waals surface area (Å²) in [5.74, 6) is 0.0590. The number of hydrogen-bond donors (Lipinski definition) is 4. The van der Waals surface area contributed by atoms with E-state index in [1.807, 2.05) is 0 Å². The van der Waals surface area contributed by atoms with Gasteiger partial charge in [0.05, 0.1) is 0 Å². The van der Waals surface area contributed by atoms with Crippen molar-refractivity contribution in [3.8, 4) is 0 Å². The Labute approximate surface area is 114 Å². The highest BCUT2D eigenvalue weighted by Gasteiger charge is 2.37. The van der Waals surface area contributed by atoms with Crippen LogP contribution in [0.2, 0.25) is 0 Å². The maximum Gasteiger partial charge on any atom is 0.351 e. The van der Waals surface area contributed by atoms with Crippen LogP contribution in [0.4, 0.5) is 5.82 Å². The molecule has 1 fully saturated rings. The van der Waals surface area contributed by atoms with Crippen molar-refractivity contribution in [1.29, 1.82) is 0 Å². The van der Waals surface area contributed by atoms with Crippen molar-refractivity contribution in [2.75, 3.05) is 12.1 Å². The predicted molar refractivity (Wildman–Crippen MR) is 65.8 cm³/mol. The lowest BCUT2D eigenvalue weighted by atomic mass is 10.2. The van der Waals surface area contributed by atoms with Crippen molar-refractivity contribution in [3.63, 3.8) is 0 Å². The molecule has 0 bridgehead atoms. The Balaban J connectivity index is 2.02. The van der Waals surface area contributed by atoms with Crippen LogP contribution in [0, 0.1) is 0 Å².